The van der Waals surface area contributed by atoms with E-state index in [4.69, 9.17) is 0 Å². The van der Waals surface area contributed by atoms with Crippen LogP contribution in [0.1, 0.15) is 10.5 Å². The maximum absolute atomic E-state index is 11.4. The van der Waals surface area contributed by atoms with E-state index >= 15 is 0 Å². The van der Waals surface area contributed by atoms with Gasteiger partial charge in [-0.1, -0.05) is 18.2 Å². The highest BCUT2D eigenvalue weighted by Gasteiger charge is 2.17. The van der Waals surface area contributed by atoms with Crippen molar-refractivity contribution in [3.05, 3.63) is 36.0 Å². The Morgan fingerprint density at radius 2 is 1.86 bits per heavy atom. The minimum atomic E-state index is -0.857. The number of para-hydroxylation sites is 1. The molecule has 2 heterocycles. The lowest BCUT2D eigenvalue weighted by Gasteiger charge is -2.32. The van der Waals surface area contributed by atoms with Crippen molar-refractivity contribution in [2.75, 3.05) is 39.8 Å². The molecule has 0 aliphatic carbocycles. The largest absolute Gasteiger partial charge is 0.477 e. The van der Waals surface area contributed by atoms with Crippen LogP contribution in [-0.4, -0.2) is 65.2 Å². The average Bonchev–Trinajstić information content (AvgIpc) is 2.86. The van der Waals surface area contributed by atoms with Crippen LogP contribution in [0.3, 0.4) is 0 Å². The van der Waals surface area contributed by atoms with Crippen LogP contribution in [0, 0.1) is 0 Å². The highest BCUT2D eigenvalue weighted by molar-refractivity contribution is 5.94. The summed E-state index contributed by atoms with van der Waals surface area (Å²) in [6.07, 6.45) is 0. The molecular formula is C16H21N3O2. The van der Waals surface area contributed by atoms with Crippen LogP contribution in [0.15, 0.2) is 30.3 Å². The van der Waals surface area contributed by atoms with Crippen molar-refractivity contribution in [1.29, 1.82) is 0 Å². The number of carboxylic acids is 1. The molecule has 0 spiro atoms. The van der Waals surface area contributed by atoms with Crippen molar-refractivity contribution >= 4 is 16.9 Å². The SMILES string of the molecule is CN1CCN(CCn2c(C(=O)O)cc3ccccc32)CC1. The summed E-state index contributed by atoms with van der Waals surface area (Å²) in [6.45, 7) is 5.89. The third-order valence-corrected chi connectivity index (χ3v) is 4.27. The van der Waals surface area contributed by atoms with Crippen molar-refractivity contribution in [3.63, 3.8) is 0 Å². The van der Waals surface area contributed by atoms with Crippen LogP contribution in [0.5, 0.6) is 0 Å². The van der Waals surface area contributed by atoms with E-state index in [0.29, 0.717) is 5.69 Å². The molecule has 0 unspecified atom stereocenters. The second-order valence-electron chi connectivity index (χ2n) is 5.69. The molecule has 1 N–H and O–H groups in total. The average molecular weight is 287 g/mol. The maximum Gasteiger partial charge on any atom is 0.352 e. The lowest BCUT2D eigenvalue weighted by Crippen LogP contribution is -2.45. The zero-order valence-corrected chi connectivity index (χ0v) is 12.3. The number of rotatable bonds is 4. The van der Waals surface area contributed by atoms with Crippen molar-refractivity contribution < 1.29 is 9.90 Å². The molecular weight excluding hydrogens is 266 g/mol. The number of piperazine rings is 1. The summed E-state index contributed by atoms with van der Waals surface area (Å²) in [5.41, 5.74) is 1.38. The van der Waals surface area contributed by atoms with Crippen LogP contribution in [-0.2, 0) is 6.54 Å². The van der Waals surface area contributed by atoms with Crippen LogP contribution in [0.2, 0.25) is 0 Å². The zero-order valence-electron chi connectivity index (χ0n) is 12.3. The summed E-state index contributed by atoms with van der Waals surface area (Å²) in [6, 6.07) is 9.63. The molecule has 5 heteroatoms. The van der Waals surface area contributed by atoms with Gasteiger partial charge in [-0.25, -0.2) is 4.79 Å². The van der Waals surface area contributed by atoms with E-state index in [9.17, 15) is 9.90 Å². The Balaban J connectivity index is 1.79. The lowest BCUT2D eigenvalue weighted by atomic mass is 10.2. The first-order chi connectivity index (χ1) is 10.1. The molecule has 1 aliphatic heterocycles. The number of fused-ring (bicyclic) bond motifs is 1. The molecule has 1 fully saturated rings. The zero-order chi connectivity index (χ0) is 14.8. The first kappa shape index (κ1) is 14.1. The number of likely N-dealkylation sites (N-methyl/N-ethyl adjacent to an activating group) is 1. The summed E-state index contributed by atoms with van der Waals surface area (Å²) in [5, 5.41) is 10.4. The van der Waals surface area contributed by atoms with Gasteiger partial charge in [-0.2, -0.15) is 0 Å². The highest BCUT2D eigenvalue weighted by Crippen LogP contribution is 2.20. The Morgan fingerprint density at radius 1 is 1.14 bits per heavy atom. The number of nitrogens with zero attached hydrogens (tertiary/aromatic N) is 3. The van der Waals surface area contributed by atoms with Crippen LogP contribution in [0.4, 0.5) is 0 Å². The van der Waals surface area contributed by atoms with Crippen LogP contribution < -0.4 is 0 Å². The predicted octanol–water partition coefficient (Wildman–Crippen LogP) is 1.59. The fourth-order valence-electron chi connectivity index (χ4n) is 2.94. The van der Waals surface area contributed by atoms with Gasteiger partial charge < -0.3 is 14.6 Å². The molecule has 5 nitrogen and oxygen atoms in total. The first-order valence-electron chi connectivity index (χ1n) is 7.37. The third kappa shape index (κ3) is 2.94. The molecule has 21 heavy (non-hydrogen) atoms. The minimum Gasteiger partial charge on any atom is -0.477 e. The Morgan fingerprint density at radius 3 is 2.57 bits per heavy atom. The van der Waals surface area contributed by atoms with Gasteiger partial charge >= 0.3 is 5.97 Å². The number of carboxylic acid groups (broad SMARTS) is 1. The fourth-order valence-corrected chi connectivity index (χ4v) is 2.94. The summed E-state index contributed by atoms with van der Waals surface area (Å²) >= 11 is 0. The Kier molecular flexibility index (Phi) is 3.94. The Bertz CT molecular complexity index is 642. The van der Waals surface area contributed by atoms with Gasteiger partial charge in [-0.15, -0.1) is 0 Å². The molecule has 1 aromatic heterocycles. The summed E-state index contributed by atoms with van der Waals surface area (Å²) in [7, 11) is 2.14. The molecule has 2 aromatic rings. The summed E-state index contributed by atoms with van der Waals surface area (Å²) < 4.78 is 1.93. The quantitative estimate of drug-likeness (QED) is 0.927. The topological polar surface area (TPSA) is 48.7 Å². The lowest BCUT2D eigenvalue weighted by molar-refractivity contribution is 0.0684. The van der Waals surface area contributed by atoms with Crippen LogP contribution in [0.25, 0.3) is 10.9 Å². The van der Waals surface area contributed by atoms with Crippen LogP contribution >= 0.6 is 0 Å². The number of aromatic carboxylic acids is 1. The Hall–Kier alpha value is -1.85. The summed E-state index contributed by atoms with van der Waals surface area (Å²) in [4.78, 5) is 16.2. The standard InChI is InChI=1S/C16H21N3O2/c1-17-6-8-18(9-7-17)10-11-19-14-5-3-2-4-13(14)12-15(19)16(20)21/h2-5,12H,6-11H2,1H3,(H,20,21). The monoisotopic (exact) mass is 287 g/mol. The van der Waals surface area contributed by atoms with Gasteiger partial charge in [0.05, 0.1) is 0 Å². The number of aromatic nitrogens is 1. The molecule has 1 aromatic carbocycles. The van der Waals surface area contributed by atoms with E-state index in [1.54, 1.807) is 6.07 Å². The smallest absolute Gasteiger partial charge is 0.352 e. The van der Waals surface area contributed by atoms with Gasteiger partial charge in [-0.3, -0.25) is 4.90 Å². The molecule has 0 amide bonds. The molecule has 0 radical (unpaired) electrons. The van der Waals surface area contributed by atoms with Gasteiger partial charge in [0.1, 0.15) is 5.69 Å². The van der Waals surface area contributed by atoms with Crippen molar-refractivity contribution in [3.8, 4) is 0 Å². The third-order valence-electron chi connectivity index (χ3n) is 4.27. The predicted molar refractivity (Wildman–Crippen MR) is 82.8 cm³/mol. The van der Waals surface area contributed by atoms with E-state index in [1.807, 2.05) is 28.8 Å². The number of hydrogen-bond acceptors (Lipinski definition) is 3. The molecule has 3 rings (SSSR count). The second kappa shape index (κ2) is 5.87. The molecule has 0 bridgehead atoms. The molecule has 1 aliphatic rings. The number of hydrogen-bond donors (Lipinski definition) is 1. The van der Waals surface area contributed by atoms with Gasteiger partial charge in [0.25, 0.3) is 0 Å². The van der Waals surface area contributed by atoms with E-state index in [-0.39, 0.29) is 0 Å². The van der Waals surface area contributed by atoms with Crippen molar-refractivity contribution in [2.45, 2.75) is 6.54 Å². The number of benzene rings is 1. The van der Waals surface area contributed by atoms with E-state index in [1.165, 1.54) is 0 Å². The van der Waals surface area contributed by atoms with E-state index in [2.05, 4.69) is 16.8 Å². The van der Waals surface area contributed by atoms with Gasteiger partial charge in [0, 0.05) is 50.2 Å². The summed E-state index contributed by atoms with van der Waals surface area (Å²) in [5.74, 6) is -0.857. The molecule has 1 saturated heterocycles. The van der Waals surface area contributed by atoms with E-state index in [0.717, 1.165) is 50.2 Å². The van der Waals surface area contributed by atoms with Crippen molar-refractivity contribution in [2.24, 2.45) is 0 Å². The molecule has 0 saturated carbocycles. The molecule has 0 atom stereocenters. The fraction of sp³-hybridized carbons (Fsp3) is 0.438. The molecule has 112 valence electrons. The normalized spacial score (nSPS) is 17.4. The Labute approximate surface area is 124 Å². The second-order valence-corrected chi connectivity index (χ2v) is 5.69. The van der Waals surface area contributed by atoms with Gasteiger partial charge in [0.2, 0.25) is 0 Å². The van der Waals surface area contributed by atoms with E-state index < -0.39 is 5.97 Å². The highest BCUT2D eigenvalue weighted by atomic mass is 16.4. The van der Waals surface area contributed by atoms with Gasteiger partial charge in [-0.05, 0) is 19.2 Å². The first-order valence-corrected chi connectivity index (χ1v) is 7.37. The van der Waals surface area contributed by atoms with Crippen molar-refractivity contribution in [1.82, 2.24) is 14.4 Å². The minimum absolute atomic E-state index is 0.380. The number of carbonyl (C=O) groups is 1. The maximum atomic E-state index is 11.4. The van der Waals surface area contributed by atoms with Gasteiger partial charge in [0.15, 0.2) is 0 Å².